The third-order valence-corrected chi connectivity index (χ3v) is 3.96. The molecule has 2 rings (SSSR count). The number of aromatic amines is 1. The highest BCUT2D eigenvalue weighted by atomic mass is 16.5. The standard InChI is InChI=1S/C19H29N3O2/c1-4-5-11-22(2)15-17-14-20-21-19(17)16-7-9-18(10-8-16)24-13-6-12-23-3/h7-10,14H,4-6,11-13,15H2,1-3H3,(H,20,21). The van der Waals surface area contributed by atoms with E-state index in [0.717, 1.165) is 43.1 Å². The number of hydrogen-bond acceptors (Lipinski definition) is 4. The molecule has 0 saturated heterocycles. The molecule has 0 aliphatic carbocycles. The van der Waals surface area contributed by atoms with Crippen molar-refractivity contribution in [1.29, 1.82) is 0 Å². The van der Waals surface area contributed by atoms with Crippen LogP contribution in [-0.4, -0.2) is 49.0 Å². The number of ether oxygens (including phenoxy) is 2. The molecular weight excluding hydrogens is 302 g/mol. The van der Waals surface area contributed by atoms with Crippen LogP contribution in [0.3, 0.4) is 0 Å². The molecule has 0 atom stereocenters. The van der Waals surface area contributed by atoms with E-state index >= 15 is 0 Å². The van der Waals surface area contributed by atoms with E-state index in [-0.39, 0.29) is 0 Å². The van der Waals surface area contributed by atoms with Crippen LogP contribution < -0.4 is 4.74 Å². The molecule has 1 N–H and O–H groups in total. The van der Waals surface area contributed by atoms with Gasteiger partial charge < -0.3 is 14.4 Å². The molecule has 0 radical (unpaired) electrons. The smallest absolute Gasteiger partial charge is 0.119 e. The summed E-state index contributed by atoms with van der Waals surface area (Å²) in [6.45, 7) is 5.62. The molecule has 24 heavy (non-hydrogen) atoms. The number of nitrogens with zero attached hydrogens (tertiary/aromatic N) is 2. The largest absolute Gasteiger partial charge is 0.494 e. The zero-order valence-corrected chi connectivity index (χ0v) is 15.0. The monoisotopic (exact) mass is 331 g/mol. The van der Waals surface area contributed by atoms with E-state index in [1.165, 1.54) is 18.4 Å². The number of methoxy groups -OCH3 is 1. The maximum atomic E-state index is 5.71. The summed E-state index contributed by atoms with van der Waals surface area (Å²) in [5.74, 6) is 0.885. The van der Waals surface area contributed by atoms with Crippen molar-refractivity contribution in [1.82, 2.24) is 15.1 Å². The van der Waals surface area contributed by atoms with Gasteiger partial charge in [0.05, 0.1) is 18.5 Å². The van der Waals surface area contributed by atoms with E-state index in [2.05, 4.69) is 41.2 Å². The highest BCUT2D eigenvalue weighted by Crippen LogP contribution is 2.24. The molecule has 0 saturated carbocycles. The van der Waals surface area contributed by atoms with E-state index in [4.69, 9.17) is 9.47 Å². The number of rotatable bonds is 11. The van der Waals surface area contributed by atoms with Crippen LogP contribution in [0.25, 0.3) is 11.3 Å². The average molecular weight is 331 g/mol. The number of H-pyrrole nitrogens is 1. The van der Waals surface area contributed by atoms with E-state index in [1.807, 2.05) is 18.3 Å². The van der Waals surface area contributed by atoms with Crippen LogP contribution in [0.4, 0.5) is 0 Å². The van der Waals surface area contributed by atoms with Gasteiger partial charge in [0.15, 0.2) is 0 Å². The van der Waals surface area contributed by atoms with Gasteiger partial charge in [-0.3, -0.25) is 5.10 Å². The normalized spacial score (nSPS) is 11.2. The molecule has 0 amide bonds. The maximum absolute atomic E-state index is 5.71. The third-order valence-electron chi connectivity index (χ3n) is 3.96. The van der Waals surface area contributed by atoms with Crippen LogP contribution in [0.15, 0.2) is 30.5 Å². The minimum atomic E-state index is 0.671. The maximum Gasteiger partial charge on any atom is 0.119 e. The van der Waals surface area contributed by atoms with E-state index in [1.54, 1.807) is 7.11 Å². The summed E-state index contributed by atoms with van der Waals surface area (Å²) in [5, 5.41) is 7.36. The summed E-state index contributed by atoms with van der Waals surface area (Å²) in [7, 11) is 3.86. The van der Waals surface area contributed by atoms with Gasteiger partial charge in [0.25, 0.3) is 0 Å². The molecule has 0 spiro atoms. The van der Waals surface area contributed by atoms with E-state index in [0.29, 0.717) is 6.61 Å². The van der Waals surface area contributed by atoms with Crippen molar-refractivity contribution < 1.29 is 9.47 Å². The summed E-state index contributed by atoms with van der Waals surface area (Å²) < 4.78 is 10.7. The molecule has 5 heteroatoms. The Morgan fingerprint density at radius 1 is 1.12 bits per heavy atom. The topological polar surface area (TPSA) is 50.4 Å². The van der Waals surface area contributed by atoms with Crippen LogP contribution in [0.2, 0.25) is 0 Å². The van der Waals surface area contributed by atoms with Gasteiger partial charge in [-0.1, -0.05) is 13.3 Å². The Labute approximate surface area is 145 Å². The second kappa shape index (κ2) is 10.1. The van der Waals surface area contributed by atoms with Crippen LogP contribution in [0, 0.1) is 0 Å². The molecular formula is C19H29N3O2. The van der Waals surface area contributed by atoms with Crippen molar-refractivity contribution in [3.05, 3.63) is 36.0 Å². The molecule has 132 valence electrons. The first-order valence-electron chi connectivity index (χ1n) is 8.67. The fourth-order valence-corrected chi connectivity index (χ4v) is 2.59. The summed E-state index contributed by atoms with van der Waals surface area (Å²) >= 11 is 0. The zero-order chi connectivity index (χ0) is 17.2. The second-order valence-corrected chi connectivity index (χ2v) is 6.08. The summed E-state index contributed by atoms with van der Waals surface area (Å²) in [4.78, 5) is 2.34. The number of aromatic nitrogens is 2. The van der Waals surface area contributed by atoms with Gasteiger partial charge in [0, 0.05) is 37.8 Å². The Kier molecular flexibility index (Phi) is 7.79. The van der Waals surface area contributed by atoms with Crippen molar-refractivity contribution in [2.24, 2.45) is 0 Å². The number of nitrogens with one attached hydrogen (secondary N) is 1. The van der Waals surface area contributed by atoms with Crippen molar-refractivity contribution >= 4 is 0 Å². The fraction of sp³-hybridized carbons (Fsp3) is 0.526. The zero-order valence-electron chi connectivity index (χ0n) is 15.0. The van der Waals surface area contributed by atoms with Crippen molar-refractivity contribution in [3.63, 3.8) is 0 Å². The van der Waals surface area contributed by atoms with Gasteiger partial charge in [-0.15, -0.1) is 0 Å². The lowest BCUT2D eigenvalue weighted by molar-refractivity contribution is 0.172. The summed E-state index contributed by atoms with van der Waals surface area (Å²) in [6.07, 6.45) is 5.26. The molecule has 1 aromatic carbocycles. The average Bonchev–Trinajstić information content (AvgIpc) is 3.05. The van der Waals surface area contributed by atoms with Crippen molar-refractivity contribution in [2.45, 2.75) is 32.7 Å². The van der Waals surface area contributed by atoms with Gasteiger partial charge in [0.1, 0.15) is 5.75 Å². The van der Waals surface area contributed by atoms with Crippen LogP contribution in [0.5, 0.6) is 5.75 Å². The second-order valence-electron chi connectivity index (χ2n) is 6.08. The predicted octanol–water partition coefficient (Wildman–Crippen LogP) is 3.72. The Balaban J connectivity index is 1.95. The Hall–Kier alpha value is -1.85. The number of hydrogen-bond donors (Lipinski definition) is 1. The summed E-state index contributed by atoms with van der Waals surface area (Å²) in [6, 6.07) is 8.17. The first-order chi connectivity index (χ1) is 11.7. The third kappa shape index (κ3) is 5.65. The lowest BCUT2D eigenvalue weighted by atomic mass is 10.1. The minimum Gasteiger partial charge on any atom is -0.494 e. The van der Waals surface area contributed by atoms with Gasteiger partial charge >= 0.3 is 0 Å². The quantitative estimate of drug-likeness (QED) is 0.638. The molecule has 0 bridgehead atoms. The fourth-order valence-electron chi connectivity index (χ4n) is 2.59. The lowest BCUT2D eigenvalue weighted by Gasteiger charge is -2.16. The Bertz CT molecular complexity index is 581. The first-order valence-corrected chi connectivity index (χ1v) is 8.67. The molecule has 0 unspecified atom stereocenters. The van der Waals surface area contributed by atoms with Crippen LogP contribution >= 0.6 is 0 Å². The van der Waals surface area contributed by atoms with Crippen molar-refractivity contribution in [2.75, 3.05) is 33.9 Å². The van der Waals surface area contributed by atoms with Gasteiger partial charge in [-0.25, -0.2) is 0 Å². The van der Waals surface area contributed by atoms with E-state index in [9.17, 15) is 0 Å². The molecule has 2 aromatic rings. The van der Waals surface area contributed by atoms with Crippen LogP contribution in [0.1, 0.15) is 31.7 Å². The predicted molar refractivity (Wildman–Crippen MR) is 97.3 cm³/mol. The molecule has 0 aliphatic rings. The lowest BCUT2D eigenvalue weighted by Crippen LogP contribution is -2.19. The molecule has 0 fully saturated rings. The van der Waals surface area contributed by atoms with Crippen molar-refractivity contribution in [3.8, 4) is 17.0 Å². The number of benzene rings is 1. The molecule has 0 aliphatic heterocycles. The van der Waals surface area contributed by atoms with Gasteiger partial charge in [-0.2, -0.15) is 5.10 Å². The first kappa shape index (κ1) is 18.5. The van der Waals surface area contributed by atoms with E-state index < -0.39 is 0 Å². The Morgan fingerprint density at radius 2 is 1.92 bits per heavy atom. The SMILES string of the molecule is CCCCN(C)Cc1cn[nH]c1-c1ccc(OCCCOC)cc1. The highest BCUT2D eigenvalue weighted by Gasteiger charge is 2.10. The Morgan fingerprint density at radius 3 is 2.62 bits per heavy atom. The van der Waals surface area contributed by atoms with Gasteiger partial charge in [-0.05, 0) is 44.3 Å². The molecule has 1 aromatic heterocycles. The molecule has 1 heterocycles. The number of unbranched alkanes of at least 4 members (excludes halogenated alkanes) is 1. The molecule has 5 nitrogen and oxygen atoms in total. The minimum absolute atomic E-state index is 0.671. The van der Waals surface area contributed by atoms with Crippen LogP contribution in [-0.2, 0) is 11.3 Å². The summed E-state index contributed by atoms with van der Waals surface area (Å²) in [5.41, 5.74) is 3.45. The van der Waals surface area contributed by atoms with Gasteiger partial charge in [0.2, 0.25) is 0 Å². The highest BCUT2D eigenvalue weighted by molar-refractivity contribution is 5.63.